The van der Waals surface area contributed by atoms with E-state index in [0.717, 1.165) is 12.1 Å². The van der Waals surface area contributed by atoms with Crippen molar-refractivity contribution in [2.24, 2.45) is 10.9 Å². The number of rotatable bonds is 4. The van der Waals surface area contributed by atoms with Crippen LogP contribution in [0.4, 0.5) is 4.39 Å². The van der Waals surface area contributed by atoms with Crippen LogP contribution in [-0.2, 0) is 14.8 Å². The number of sulfonamides is 1. The largest absolute Gasteiger partial charge is 0.480 e. The number of ether oxygens (including phenoxy) is 1. The van der Waals surface area contributed by atoms with Gasteiger partial charge in [-0.3, -0.25) is 4.79 Å². The summed E-state index contributed by atoms with van der Waals surface area (Å²) in [5.74, 6) is -1.86. The van der Waals surface area contributed by atoms with Gasteiger partial charge >= 0.3 is 0 Å². The molecule has 100 valence electrons. The molecule has 0 bridgehead atoms. The Morgan fingerprint density at radius 2 is 2.06 bits per heavy atom. The van der Waals surface area contributed by atoms with Crippen LogP contribution in [0.5, 0.6) is 5.75 Å². The van der Waals surface area contributed by atoms with Crippen LogP contribution in [0.15, 0.2) is 21.5 Å². The highest BCUT2D eigenvalue weighted by molar-refractivity contribution is 9.10. The van der Waals surface area contributed by atoms with Gasteiger partial charge in [0.25, 0.3) is 5.91 Å². The van der Waals surface area contributed by atoms with Crippen molar-refractivity contribution >= 4 is 31.9 Å². The standard InChI is InChI=1S/C9H10BrFN2O4S/c1-4(9(12)14)17-7-3-6(11)8(2-5(7)10)18(13,15)16/h2-4H,1H3,(H2,12,14)(H2,13,15,16). The van der Waals surface area contributed by atoms with Crippen molar-refractivity contribution < 1.29 is 22.3 Å². The molecule has 0 fully saturated rings. The molecule has 1 amide bonds. The van der Waals surface area contributed by atoms with Gasteiger partial charge in [0.15, 0.2) is 6.10 Å². The lowest BCUT2D eigenvalue weighted by Crippen LogP contribution is -2.30. The Balaban J connectivity index is 3.20. The lowest BCUT2D eigenvalue weighted by molar-refractivity contribution is -0.124. The summed E-state index contributed by atoms with van der Waals surface area (Å²) >= 11 is 2.99. The van der Waals surface area contributed by atoms with Crippen molar-refractivity contribution in [1.82, 2.24) is 0 Å². The molecule has 0 aliphatic carbocycles. The van der Waals surface area contributed by atoms with Crippen LogP contribution in [0.2, 0.25) is 0 Å². The summed E-state index contributed by atoms with van der Waals surface area (Å²) in [6, 6.07) is 1.76. The molecule has 1 rings (SSSR count). The molecule has 9 heteroatoms. The van der Waals surface area contributed by atoms with Gasteiger partial charge in [0.05, 0.1) is 4.47 Å². The zero-order valence-corrected chi connectivity index (χ0v) is 11.6. The topological polar surface area (TPSA) is 112 Å². The van der Waals surface area contributed by atoms with E-state index in [2.05, 4.69) is 15.9 Å². The van der Waals surface area contributed by atoms with Gasteiger partial charge < -0.3 is 10.5 Å². The minimum atomic E-state index is -4.17. The summed E-state index contributed by atoms with van der Waals surface area (Å²) in [7, 11) is -4.17. The van der Waals surface area contributed by atoms with Crippen molar-refractivity contribution in [2.75, 3.05) is 0 Å². The maximum absolute atomic E-state index is 13.5. The molecule has 1 aromatic carbocycles. The van der Waals surface area contributed by atoms with E-state index in [0.29, 0.717) is 0 Å². The molecule has 0 aliphatic heterocycles. The van der Waals surface area contributed by atoms with Crippen molar-refractivity contribution in [3.63, 3.8) is 0 Å². The van der Waals surface area contributed by atoms with E-state index in [4.69, 9.17) is 15.6 Å². The highest BCUT2D eigenvalue weighted by atomic mass is 79.9. The first kappa shape index (κ1) is 14.9. The molecule has 1 atom stereocenters. The smallest absolute Gasteiger partial charge is 0.258 e. The van der Waals surface area contributed by atoms with E-state index >= 15 is 0 Å². The Labute approximate surface area is 111 Å². The molecule has 0 heterocycles. The molecule has 1 aromatic rings. The molecule has 18 heavy (non-hydrogen) atoms. The Hall–Kier alpha value is -1.19. The summed E-state index contributed by atoms with van der Waals surface area (Å²) in [4.78, 5) is 10.1. The van der Waals surface area contributed by atoms with Gasteiger partial charge in [0, 0.05) is 6.07 Å². The van der Waals surface area contributed by atoms with E-state index in [1.54, 1.807) is 0 Å². The molecule has 0 radical (unpaired) electrons. The third-order valence-electron chi connectivity index (χ3n) is 2.00. The summed E-state index contributed by atoms with van der Waals surface area (Å²) in [5, 5.41) is 4.82. The van der Waals surface area contributed by atoms with Crippen LogP contribution in [0.25, 0.3) is 0 Å². The van der Waals surface area contributed by atoms with Crippen molar-refractivity contribution in [1.29, 1.82) is 0 Å². The van der Waals surface area contributed by atoms with Crippen LogP contribution < -0.4 is 15.6 Å². The predicted molar refractivity (Wildman–Crippen MR) is 64.8 cm³/mol. The minimum absolute atomic E-state index is 0.0498. The number of benzene rings is 1. The van der Waals surface area contributed by atoms with E-state index in [1.807, 2.05) is 0 Å². The molecule has 0 saturated heterocycles. The SMILES string of the molecule is CC(Oc1cc(F)c(S(N)(=O)=O)cc1Br)C(N)=O. The number of amides is 1. The second kappa shape index (κ2) is 5.21. The fraction of sp³-hybridized carbons (Fsp3) is 0.222. The first-order chi connectivity index (χ1) is 8.12. The van der Waals surface area contributed by atoms with Crippen molar-refractivity contribution in [3.8, 4) is 5.75 Å². The fourth-order valence-corrected chi connectivity index (χ4v) is 2.27. The maximum atomic E-state index is 13.5. The molecule has 4 N–H and O–H groups in total. The minimum Gasteiger partial charge on any atom is -0.480 e. The molecular weight excluding hydrogens is 331 g/mol. The Kier molecular flexibility index (Phi) is 4.30. The fourth-order valence-electron chi connectivity index (χ4n) is 1.07. The van der Waals surface area contributed by atoms with Crippen LogP contribution >= 0.6 is 15.9 Å². The molecule has 0 saturated carbocycles. The second-order valence-electron chi connectivity index (χ2n) is 3.42. The van der Waals surface area contributed by atoms with Crippen LogP contribution in [-0.4, -0.2) is 20.4 Å². The number of primary sulfonamides is 1. The number of hydrogen-bond acceptors (Lipinski definition) is 4. The Bertz CT molecular complexity index is 590. The normalized spacial score (nSPS) is 13.1. The number of carbonyl (C=O) groups excluding carboxylic acids is 1. The monoisotopic (exact) mass is 340 g/mol. The lowest BCUT2D eigenvalue weighted by atomic mass is 10.3. The molecule has 1 unspecified atom stereocenters. The van der Waals surface area contributed by atoms with Crippen molar-refractivity contribution in [3.05, 3.63) is 22.4 Å². The quantitative estimate of drug-likeness (QED) is 0.830. The average molecular weight is 341 g/mol. The van der Waals surface area contributed by atoms with E-state index in [1.165, 1.54) is 6.92 Å². The first-order valence-corrected chi connectivity index (χ1v) is 6.94. The van der Waals surface area contributed by atoms with Gasteiger partial charge in [0.2, 0.25) is 10.0 Å². The third kappa shape index (κ3) is 3.40. The first-order valence-electron chi connectivity index (χ1n) is 4.60. The van der Waals surface area contributed by atoms with E-state index in [9.17, 15) is 17.6 Å². The van der Waals surface area contributed by atoms with Gasteiger partial charge in [-0.25, -0.2) is 17.9 Å². The van der Waals surface area contributed by atoms with Gasteiger partial charge in [-0.05, 0) is 28.9 Å². The molecular formula is C9H10BrFN2O4S. The summed E-state index contributed by atoms with van der Waals surface area (Å²) in [6.45, 7) is 1.38. The van der Waals surface area contributed by atoms with Crippen LogP contribution in [0.1, 0.15) is 6.92 Å². The second-order valence-corrected chi connectivity index (χ2v) is 5.80. The van der Waals surface area contributed by atoms with Gasteiger partial charge in [-0.2, -0.15) is 0 Å². The zero-order chi connectivity index (χ0) is 14.1. The summed E-state index contributed by atoms with van der Waals surface area (Å²) < 4.78 is 40.8. The molecule has 0 spiro atoms. The lowest BCUT2D eigenvalue weighted by Gasteiger charge is -2.13. The summed E-state index contributed by atoms with van der Waals surface area (Å²) in [6.07, 6.45) is -0.985. The number of primary amides is 1. The maximum Gasteiger partial charge on any atom is 0.258 e. The number of halogens is 2. The highest BCUT2D eigenvalue weighted by Gasteiger charge is 2.20. The van der Waals surface area contributed by atoms with Gasteiger partial charge in [0.1, 0.15) is 16.5 Å². The Morgan fingerprint density at radius 3 is 2.50 bits per heavy atom. The number of carbonyl (C=O) groups is 1. The number of nitrogens with two attached hydrogens (primary N) is 2. The average Bonchev–Trinajstić information content (AvgIpc) is 2.20. The molecule has 6 nitrogen and oxygen atoms in total. The molecule has 0 aliphatic rings. The van der Waals surface area contributed by atoms with Gasteiger partial charge in [-0.15, -0.1) is 0 Å². The van der Waals surface area contributed by atoms with Gasteiger partial charge in [-0.1, -0.05) is 0 Å². The van der Waals surface area contributed by atoms with Crippen molar-refractivity contribution in [2.45, 2.75) is 17.9 Å². The van der Waals surface area contributed by atoms with Crippen LogP contribution in [0, 0.1) is 5.82 Å². The Morgan fingerprint density at radius 1 is 1.50 bits per heavy atom. The predicted octanol–water partition coefficient (Wildman–Crippen LogP) is 0.488. The number of hydrogen-bond donors (Lipinski definition) is 2. The third-order valence-corrected chi connectivity index (χ3v) is 3.54. The van der Waals surface area contributed by atoms with Crippen LogP contribution in [0.3, 0.4) is 0 Å². The highest BCUT2D eigenvalue weighted by Crippen LogP contribution is 2.30. The van der Waals surface area contributed by atoms with E-state index < -0.39 is 32.7 Å². The summed E-state index contributed by atoms with van der Waals surface area (Å²) in [5.41, 5.74) is 4.98. The zero-order valence-electron chi connectivity index (χ0n) is 9.18. The van der Waals surface area contributed by atoms with E-state index in [-0.39, 0.29) is 10.2 Å². The molecule has 0 aromatic heterocycles.